The summed E-state index contributed by atoms with van der Waals surface area (Å²) in [7, 11) is 0. The quantitative estimate of drug-likeness (QED) is 0.839. The van der Waals surface area contributed by atoms with Gasteiger partial charge in [-0.3, -0.25) is 9.59 Å². The van der Waals surface area contributed by atoms with Crippen molar-refractivity contribution in [2.45, 2.75) is 45.1 Å². The normalized spacial score (nSPS) is 24.6. The molecule has 0 spiro atoms. The molecule has 0 radical (unpaired) electrons. The molecule has 1 saturated carbocycles. The molecular weight excluding hydrogens is 276 g/mol. The highest BCUT2D eigenvalue weighted by Gasteiger charge is 2.40. The van der Waals surface area contributed by atoms with Gasteiger partial charge in [-0.25, -0.2) is 0 Å². The predicted molar refractivity (Wildman–Crippen MR) is 84.7 cm³/mol. The van der Waals surface area contributed by atoms with Gasteiger partial charge in [0, 0.05) is 24.7 Å². The number of piperazine rings is 1. The van der Waals surface area contributed by atoms with Gasteiger partial charge in [-0.05, 0) is 62.3 Å². The Labute approximate surface area is 131 Å². The fraction of sp³-hybridized carbons (Fsp3) is 0.556. The number of fused-ring (bicyclic) bond motifs is 1. The van der Waals surface area contributed by atoms with Crippen molar-refractivity contribution >= 4 is 17.5 Å². The Morgan fingerprint density at radius 2 is 1.91 bits per heavy atom. The van der Waals surface area contributed by atoms with Gasteiger partial charge in [-0.2, -0.15) is 0 Å². The van der Waals surface area contributed by atoms with Crippen molar-refractivity contribution in [1.29, 1.82) is 0 Å². The number of benzene rings is 1. The van der Waals surface area contributed by atoms with Crippen molar-refractivity contribution in [1.82, 2.24) is 4.90 Å². The molecule has 2 fully saturated rings. The number of hydrogen-bond donors (Lipinski definition) is 0. The summed E-state index contributed by atoms with van der Waals surface area (Å²) in [6.45, 7) is 3.13. The van der Waals surface area contributed by atoms with Crippen LogP contribution >= 0.6 is 0 Å². The first-order valence-electron chi connectivity index (χ1n) is 8.39. The molecule has 1 atom stereocenters. The lowest BCUT2D eigenvalue weighted by molar-refractivity contribution is -0.141. The van der Waals surface area contributed by atoms with Crippen molar-refractivity contribution in [3.63, 3.8) is 0 Å². The number of nitrogens with zero attached hydrogens (tertiary/aromatic N) is 2. The molecule has 22 heavy (non-hydrogen) atoms. The zero-order valence-electron chi connectivity index (χ0n) is 13.0. The van der Waals surface area contributed by atoms with E-state index in [2.05, 4.69) is 18.2 Å². The van der Waals surface area contributed by atoms with E-state index < -0.39 is 0 Å². The fourth-order valence-electron chi connectivity index (χ4n) is 3.72. The molecule has 1 aliphatic heterocycles. The highest BCUT2D eigenvalue weighted by molar-refractivity contribution is 6.00. The second kappa shape index (κ2) is 5.11. The molecule has 1 saturated heterocycles. The molecule has 0 unspecified atom stereocenters. The van der Waals surface area contributed by atoms with Crippen LogP contribution in [0.1, 0.15) is 37.3 Å². The van der Waals surface area contributed by atoms with E-state index in [0.29, 0.717) is 13.1 Å². The molecule has 4 heteroatoms. The number of rotatable bonds is 2. The maximum absolute atomic E-state index is 12.7. The van der Waals surface area contributed by atoms with E-state index >= 15 is 0 Å². The summed E-state index contributed by atoms with van der Waals surface area (Å²) < 4.78 is 0. The van der Waals surface area contributed by atoms with E-state index in [1.807, 2.05) is 11.8 Å². The number of carbonyl (C=O) groups is 2. The molecular formula is C18H22N2O2. The molecule has 0 N–H and O–H groups in total. The lowest BCUT2D eigenvalue weighted by atomic mass is 10.1. The van der Waals surface area contributed by atoms with Crippen LogP contribution < -0.4 is 4.90 Å². The summed E-state index contributed by atoms with van der Waals surface area (Å²) in [5, 5.41) is 0. The molecule has 2 aliphatic carbocycles. The van der Waals surface area contributed by atoms with E-state index in [-0.39, 0.29) is 23.8 Å². The molecule has 1 aromatic carbocycles. The van der Waals surface area contributed by atoms with Gasteiger partial charge in [0.05, 0.1) is 0 Å². The van der Waals surface area contributed by atoms with Gasteiger partial charge >= 0.3 is 0 Å². The van der Waals surface area contributed by atoms with Crippen LogP contribution in [0.25, 0.3) is 0 Å². The van der Waals surface area contributed by atoms with Crippen molar-refractivity contribution in [2.24, 2.45) is 5.92 Å². The summed E-state index contributed by atoms with van der Waals surface area (Å²) in [6, 6.07) is 6.06. The summed E-state index contributed by atoms with van der Waals surface area (Å²) in [6.07, 6.45) is 5.47. The van der Waals surface area contributed by atoms with Crippen LogP contribution in [0.15, 0.2) is 18.2 Å². The van der Waals surface area contributed by atoms with Gasteiger partial charge in [-0.15, -0.1) is 0 Å². The molecule has 4 nitrogen and oxygen atoms in total. The Morgan fingerprint density at radius 3 is 2.68 bits per heavy atom. The lowest BCUT2D eigenvalue weighted by Crippen LogP contribution is -2.58. The highest BCUT2D eigenvalue weighted by atomic mass is 16.2. The molecule has 0 aromatic heterocycles. The van der Waals surface area contributed by atoms with Crippen LogP contribution in [0.2, 0.25) is 0 Å². The van der Waals surface area contributed by atoms with Gasteiger partial charge in [0.1, 0.15) is 6.04 Å². The first-order chi connectivity index (χ1) is 10.6. The average molecular weight is 298 g/mol. The van der Waals surface area contributed by atoms with E-state index in [0.717, 1.165) is 31.4 Å². The topological polar surface area (TPSA) is 40.6 Å². The van der Waals surface area contributed by atoms with E-state index in [1.165, 1.54) is 17.5 Å². The van der Waals surface area contributed by atoms with E-state index in [1.54, 1.807) is 4.90 Å². The summed E-state index contributed by atoms with van der Waals surface area (Å²) in [4.78, 5) is 28.6. The van der Waals surface area contributed by atoms with Gasteiger partial charge < -0.3 is 9.80 Å². The van der Waals surface area contributed by atoms with Gasteiger partial charge in [0.2, 0.25) is 11.8 Å². The number of aryl methyl sites for hydroxylation is 2. The van der Waals surface area contributed by atoms with Crippen molar-refractivity contribution in [2.75, 3.05) is 18.0 Å². The molecule has 0 bridgehead atoms. The minimum absolute atomic E-state index is 0.0539. The standard InChI is InChI=1S/C18H22N2O2/c1-12-17(21)20(10-9-19(12)18(22)14-5-6-14)16-8-7-13-3-2-4-15(13)11-16/h7-8,11-12,14H,2-6,9-10H2,1H3/t12-/m0/s1. The Morgan fingerprint density at radius 1 is 1.14 bits per heavy atom. The van der Waals surface area contributed by atoms with Gasteiger partial charge in [-0.1, -0.05) is 6.07 Å². The van der Waals surface area contributed by atoms with Gasteiger partial charge in [0.15, 0.2) is 0 Å². The highest BCUT2D eigenvalue weighted by Crippen LogP contribution is 2.33. The summed E-state index contributed by atoms with van der Waals surface area (Å²) >= 11 is 0. The fourth-order valence-corrected chi connectivity index (χ4v) is 3.72. The van der Waals surface area contributed by atoms with Crippen LogP contribution in [0.5, 0.6) is 0 Å². The van der Waals surface area contributed by atoms with Crippen LogP contribution in [0.4, 0.5) is 5.69 Å². The van der Waals surface area contributed by atoms with Crippen molar-refractivity contribution in [3.8, 4) is 0 Å². The number of amides is 2. The van der Waals surface area contributed by atoms with Crippen LogP contribution in [0, 0.1) is 5.92 Å². The van der Waals surface area contributed by atoms with Gasteiger partial charge in [0.25, 0.3) is 0 Å². The molecule has 3 aliphatic rings. The third-order valence-electron chi connectivity index (χ3n) is 5.26. The zero-order chi connectivity index (χ0) is 15.3. The first kappa shape index (κ1) is 13.8. The maximum Gasteiger partial charge on any atom is 0.249 e. The number of carbonyl (C=O) groups excluding carboxylic acids is 2. The maximum atomic E-state index is 12.7. The molecule has 116 valence electrons. The molecule has 2 amide bonds. The van der Waals surface area contributed by atoms with Crippen LogP contribution in [-0.2, 0) is 22.4 Å². The van der Waals surface area contributed by atoms with Crippen LogP contribution in [-0.4, -0.2) is 35.8 Å². The largest absolute Gasteiger partial charge is 0.329 e. The minimum atomic E-state index is -0.338. The molecule has 4 rings (SSSR count). The SMILES string of the molecule is C[C@H]1C(=O)N(c2ccc3c(c2)CCC3)CCN1C(=O)C1CC1. The second-order valence-corrected chi connectivity index (χ2v) is 6.78. The molecule has 1 heterocycles. The smallest absolute Gasteiger partial charge is 0.249 e. The number of hydrogen-bond acceptors (Lipinski definition) is 2. The van der Waals surface area contributed by atoms with Crippen LogP contribution in [0.3, 0.4) is 0 Å². The first-order valence-corrected chi connectivity index (χ1v) is 8.39. The number of anilines is 1. The molecule has 1 aromatic rings. The second-order valence-electron chi connectivity index (χ2n) is 6.78. The lowest BCUT2D eigenvalue weighted by Gasteiger charge is -2.39. The van der Waals surface area contributed by atoms with Crippen molar-refractivity contribution < 1.29 is 9.59 Å². The Kier molecular flexibility index (Phi) is 3.21. The zero-order valence-corrected chi connectivity index (χ0v) is 13.0. The van der Waals surface area contributed by atoms with Crippen molar-refractivity contribution in [3.05, 3.63) is 29.3 Å². The van der Waals surface area contributed by atoms with E-state index in [4.69, 9.17) is 0 Å². The Balaban J connectivity index is 1.54. The summed E-state index contributed by atoms with van der Waals surface area (Å²) in [5.74, 6) is 0.412. The third kappa shape index (κ3) is 2.21. The summed E-state index contributed by atoms with van der Waals surface area (Å²) in [5.41, 5.74) is 3.80. The monoisotopic (exact) mass is 298 g/mol. The third-order valence-corrected chi connectivity index (χ3v) is 5.26. The van der Waals surface area contributed by atoms with E-state index in [9.17, 15) is 9.59 Å². The Bertz CT molecular complexity index is 636. The average Bonchev–Trinajstić information content (AvgIpc) is 3.27. The predicted octanol–water partition coefficient (Wildman–Crippen LogP) is 2.15. The minimum Gasteiger partial charge on any atom is -0.329 e. The Hall–Kier alpha value is -1.84.